The van der Waals surface area contributed by atoms with Crippen molar-refractivity contribution in [1.82, 2.24) is 13.7 Å². The van der Waals surface area contributed by atoms with Crippen molar-refractivity contribution in [2.75, 3.05) is 21.3 Å². The van der Waals surface area contributed by atoms with Gasteiger partial charge in [0.25, 0.3) is 33.4 Å². The van der Waals surface area contributed by atoms with Crippen LogP contribution in [0, 0.1) is 17.8 Å². The minimum absolute atomic E-state index is 0.0574. The summed E-state index contributed by atoms with van der Waals surface area (Å²) in [6.07, 6.45) is -0.172. The van der Waals surface area contributed by atoms with Crippen molar-refractivity contribution in [3.63, 3.8) is 0 Å². The lowest BCUT2D eigenvalue weighted by Gasteiger charge is -2.17. The second kappa shape index (κ2) is 13.3. The average molecular weight is 670 g/mol. The highest BCUT2D eigenvalue weighted by Crippen LogP contribution is 2.30. The number of aromatic nitrogens is 3. The monoisotopic (exact) mass is 669 g/mol. The van der Waals surface area contributed by atoms with Crippen LogP contribution in [0.5, 0.6) is 0 Å². The number of fused-ring (bicyclic) bond motifs is 6. The number of nitrogens with zero attached hydrogens (tertiary/aromatic N) is 3. The molecule has 258 valence electrons. The Morgan fingerprint density at radius 1 is 0.417 bits per heavy atom. The molecule has 4 rings (SSSR count). The minimum Gasteiger partial charge on any atom is -0.467 e. The number of benzene rings is 1. The van der Waals surface area contributed by atoms with Crippen LogP contribution < -0.4 is 33.4 Å². The van der Waals surface area contributed by atoms with E-state index >= 15 is 0 Å². The van der Waals surface area contributed by atoms with Gasteiger partial charge in [0.2, 0.25) is 0 Å². The van der Waals surface area contributed by atoms with Crippen LogP contribution in [0.2, 0.25) is 0 Å². The third kappa shape index (κ3) is 5.54. The molecule has 4 aromatic rings. The van der Waals surface area contributed by atoms with Gasteiger partial charge < -0.3 is 14.2 Å². The molecule has 0 unspecified atom stereocenters. The number of methoxy groups -OCH3 is 3. The van der Waals surface area contributed by atoms with Gasteiger partial charge in [-0.15, -0.1) is 0 Å². The molecule has 0 saturated heterocycles. The number of carbonyl (C=O) groups is 3. The van der Waals surface area contributed by atoms with Gasteiger partial charge in [-0.2, -0.15) is 0 Å². The fourth-order valence-electron chi connectivity index (χ4n) is 6.55. The summed E-state index contributed by atoms with van der Waals surface area (Å²) in [6.45, 7) is 10.4. The molecule has 0 aliphatic carbocycles. The molecular formula is C33H39N3O12. The minimum atomic E-state index is -1.49. The fourth-order valence-corrected chi connectivity index (χ4v) is 6.55. The molecule has 48 heavy (non-hydrogen) atoms. The SMILES string of the molecule is COC(=O)[C@H](CC(C)C)n1c(=O)c2c3c(=O)n([C@@H](CC(C)C)C(=O)OC)c(=O)c3c3c(=O)n([C@@H](CC(C)C)C(=O)OC)c(=O)c3c2c1=O. The van der Waals surface area contributed by atoms with E-state index in [0.717, 1.165) is 21.3 Å². The molecule has 3 aromatic heterocycles. The van der Waals surface area contributed by atoms with Crippen LogP contribution in [-0.4, -0.2) is 52.9 Å². The quantitative estimate of drug-likeness (QED) is 0.155. The van der Waals surface area contributed by atoms with Crippen LogP contribution in [-0.2, 0) is 28.6 Å². The van der Waals surface area contributed by atoms with Crippen LogP contribution in [0.25, 0.3) is 32.3 Å². The highest BCUT2D eigenvalue weighted by molar-refractivity contribution is 6.25. The van der Waals surface area contributed by atoms with Crippen molar-refractivity contribution in [2.45, 2.75) is 78.9 Å². The Balaban J connectivity index is 2.42. The van der Waals surface area contributed by atoms with Gasteiger partial charge in [-0.1, -0.05) is 41.5 Å². The van der Waals surface area contributed by atoms with E-state index in [4.69, 9.17) is 14.2 Å². The Morgan fingerprint density at radius 2 is 0.583 bits per heavy atom. The summed E-state index contributed by atoms with van der Waals surface area (Å²) in [5, 5.41) is -3.99. The molecule has 0 saturated carbocycles. The molecule has 15 nitrogen and oxygen atoms in total. The largest absolute Gasteiger partial charge is 0.467 e. The summed E-state index contributed by atoms with van der Waals surface area (Å²) in [5.41, 5.74) is -7.02. The lowest BCUT2D eigenvalue weighted by atomic mass is 10.0. The van der Waals surface area contributed by atoms with Gasteiger partial charge in [-0.25, -0.2) is 14.4 Å². The topological polar surface area (TPSA) is 196 Å². The molecule has 0 spiro atoms. The molecule has 0 amide bonds. The average Bonchev–Trinajstić information content (AvgIpc) is 3.54. The second-order valence-corrected chi connectivity index (χ2v) is 13.2. The van der Waals surface area contributed by atoms with Crippen LogP contribution in [0.3, 0.4) is 0 Å². The normalized spacial score (nSPS) is 14.0. The van der Waals surface area contributed by atoms with Gasteiger partial charge in [-0.05, 0) is 37.0 Å². The molecule has 0 N–H and O–H groups in total. The van der Waals surface area contributed by atoms with E-state index in [1.54, 1.807) is 41.5 Å². The van der Waals surface area contributed by atoms with E-state index in [1.807, 2.05) is 0 Å². The van der Waals surface area contributed by atoms with E-state index < -0.39 is 102 Å². The zero-order chi connectivity index (χ0) is 36.1. The Labute approximate surface area is 272 Å². The maximum absolute atomic E-state index is 14.2. The molecule has 1 aromatic carbocycles. The van der Waals surface area contributed by atoms with Crippen molar-refractivity contribution in [3.05, 3.63) is 62.1 Å². The zero-order valence-corrected chi connectivity index (χ0v) is 28.3. The van der Waals surface area contributed by atoms with Gasteiger partial charge in [-0.3, -0.25) is 42.5 Å². The predicted molar refractivity (Wildman–Crippen MR) is 176 cm³/mol. The van der Waals surface area contributed by atoms with E-state index in [1.165, 1.54) is 0 Å². The van der Waals surface area contributed by atoms with E-state index in [9.17, 15) is 43.2 Å². The number of hydrogen-bond donors (Lipinski definition) is 0. The molecule has 0 bridgehead atoms. The molecule has 0 aliphatic heterocycles. The lowest BCUT2D eigenvalue weighted by molar-refractivity contribution is -0.146. The molecule has 0 aliphatic rings. The van der Waals surface area contributed by atoms with Crippen LogP contribution in [0.1, 0.15) is 78.9 Å². The first-order chi connectivity index (χ1) is 22.5. The van der Waals surface area contributed by atoms with Gasteiger partial charge in [0, 0.05) is 0 Å². The van der Waals surface area contributed by atoms with E-state index in [0.29, 0.717) is 13.7 Å². The summed E-state index contributed by atoms with van der Waals surface area (Å²) >= 11 is 0. The van der Waals surface area contributed by atoms with Crippen LogP contribution in [0.4, 0.5) is 0 Å². The van der Waals surface area contributed by atoms with Crippen molar-refractivity contribution < 1.29 is 28.6 Å². The summed E-state index contributed by atoms with van der Waals surface area (Å²) in [4.78, 5) is 124. The summed E-state index contributed by atoms with van der Waals surface area (Å²) in [5.74, 6) is -3.61. The molecular weight excluding hydrogens is 630 g/mol. The number of carbonyl (C=O) groups excluding carboxylic acids is 3. The number of hydrogen-bond acceptors (Lipinski definition) is 12. The first kappa shape index (κ1) is 35.9. The van der Waals surface area contributed by atoms with Gasteiger partial charge in [0.05, 0.1) is 53.6 Å². The number of esters is 3. The first-order valence-corrected chi connectivity index (χ1v) is 15.6. The Bertz CT molecular complexity index is 1870. The summed E-state index contributed by atoms with van der Waals surface area (Å²) in [7, 11) is 3.19. The fraction of sp³-hybridized carbons (Fsp3) is 0.545. The molecule has 0 fully saturated rings. The molecule has 3 heterocycles. The van der Waals surface area contributed by atoms with Gasteiger partial charge in [0.15, 0.2) is 0 Å². The molecule has 15 heteroatoms. The van der Waals surface area contributed by atoms with Gasteiger partial charge in [0.1, 0.15) is 18.1 Å². The zero-order valence-electron chi connectivity index (χ0n) is 28.3. The third-order valence-corrected chi connectivity index (χ3v) is 8.53. The molecule has 0 radical (unpaired) electrons. The first-order valence-electron chi connectivity index (χ1n) is 15.6. The second-order valence-electron chi connectivity index (χ2n) is 13.2. The van der Waals surface area contributed by atoms with Gasteiger partial charge >= 0.3 is 17.9 Å². The molecule has 3 atom stereocenters. The maximum Gasteiger partial charge on any atom is 0.329 e. The standard InChI is InChI=1S/C33H39N3O12/c1-13(2)10-16(31(43)46-7)34-25(37)19-20(26(34)38)22-24(30(42)36(28(22)40)18(12-15(5)6)33(45)48-9)23-21(19)27(39)35(29(23)41)17(11-14(3)4)32(44)47-8/h13-18H,10-12H2,1-9H3/t16-,17-,18-/m0/s1. The Hall–Kier alpha value is -4.95. The highest BCUT2D eigenvalue weighted by atomic mass is 16.5. The maximum atomic E-state index is 14.2. The van der Waals surface area contributed by atoms with Crippen LogP contribution in [0.15, 0.2) is 28.8 Å². The number of ether oxygens (including phenoxy) is 3. The van der Waals surface area contributed by atoms with E-state index in [-0.39, 0.29) is 37.0 Å². The van der Waals surface area contributed by atoms with Crippen molar-refractivity contribution in [3.8, 4) is 0 Å². The number of rotatable bonds is 12. The Kier molecular flexibility index (Phi) is 9.93. The lowest BCUT2D eigenvalue weighted by Crippen LogP contribution is -2.36. The van der Waals surface area contributed by atoms with E-state index in [2.05, 4.69) is 0 Å². The summed E-state index contributed by atoms with van der Waals surface area (Å²) < 4.78 is 16.3. The highest BCUT2D eigenvalue weighted by Gasteiger charge is 2.38. The van der Waals surface area contributed by atoms with Crippen molar-refractivity contribution >= 4 is 50.2 Å². The smallest absolute Gasteiger partial charge is 0.329 e. The Morgan fingerprint density at radius 3 is 0.708 bits per heavy atom. The third-order valence-electron chi connectivity index (χ3n) is 8.53. The van der Waals surface area contributed by atoms with Crippen molar-refractivity contribution in [2.24, 2.45) is 17.8 Å². The summed E-state index contributed by atoms with van der Waals surface area (Å²) in [6, 6.07) is -4.48. The van der Waals surface area contributed by atoms with Crippen molar-refractivity contribution in [1.29, 1.82) is 0 Å². The predicted octanol–water partition coefficient (Wildman–Crippen LogP) is 1.31. The van der Waals surface area contributed by atoms with Crippen LogP contribution >= 0.6 is 0 Å².